The Balaban J connectivity index is 2.95. The first-order valence-corrected chi connectivity index (χ1v) is 7.45. The summed E-state index contributed by atoms with van der Waals surface area (Å²) >= 11 is 1.85. The van der Waals surface area contributed by atoms with E-state index >= 15 is 0 Å². The fourth-order valence-corrected chi connectivity index (χ4v) is 1.87. The minimum absolute atomic E-state index is 0.193. The Morgan fingerprint density at radius 2 is 1.89 bits per heavy atom. The smallest absolute Gasteiger partial charge is 0.135 e. The monoisotopic (exact) mass is 268 g/mol. The molecular formula is C13H24N4S. The summed E-state index contributed by atoms with van der Waals surface area (Å²) in [7, 11) is 1.89. The van der Waals surface area contributed by atoms with Crippen molar-refractivity contribution in [3.63, 3.8) is 0 Å². The van der Waals surface area contributed by atoms with Crippen molar-refractivity contribution in [2.45, 2.75) is 38.4 Å². The van der Waals surface area contributed by atoms with Gasteiger partial charge in [0.05, 0.1) is 0 Å². The van der Waals surface area contributed by atoms with Crippen LogP contribution in [0.5, 0.6) is 0 Å². The third-order valence-corrected chi connectivity index (χ3v) is 4.18. The first-order chi connectivity index (χ1) is 8.41. The zero-order valence-corrected chi connectivity index (χ0v) is 13.0. The summed E-state index contributed by atoms with van der Waals surface area (Å²) in [6.45, 7) is 9.64. The number of thioether (sulfide) groups is 1. The molecule has 0 fully saturated rings. The highest BCUT2D eigenvalue weighted by Gasteiger charge is 2.19. The molecule has 0 aliphatic heterocycles. The van der Waals surface area contributed by atoms with Gasteiger partial charge in [0, 0.05) is 23.9 Å². The highest BCUT2D eigenvalue weighted by atomic mass is 32.2. The predicted molar refractivity (Wildman–Crippen MR) is 81.8 cm³/mol. The molecule has 1 rings (SSSR count). The van der Waals surface area contributed by atoms with Crippen molar-refractivity contribution >= 4 is 23.4 Å². The summed E-state index contributed by atoms with van der Waals surface area (Å²) < 4.78 is 0.193. The second kappa shape index (κ2) is 6.27. The van der Waals surface area contributed by atoms with Gasteiger partial charge in [-0.15, -0.1) is 0 Å². The van der Waals surface area contributed by atoms with E-state index < -0.39 is 0 Å². The van der Waals surface area contributed by atoms with Crippen LogP contribution in [0.15, 0.2) is 6.33 Å². The quantitative estimate of drug-likeness (QED) is 0.830. The maximum absolute atomic E-state index is 4.37. The Hall–Kier alpha value is -0.970. The van der Waals surface area contributed by atoms with E-state index in [1.165, 1.54) is 0 Å². The number of aromatic nitrogens is 2. The average molecular weight is 268 g/mol. The standard InChI is InChI=1S/C13H24N4S/c1-9(2)10-11(14-5)16-8-17-12(10)15-7-13(3,4)18-6/h8-9H,7H2,1-6H3,(H2,14,15,16,17). The SMILES string of the molecule is CNc1ncnc(NCC(C)(C)SC)c1C(C)C. The van der Waals surface area contributed by atoms with Crippen molar-refractivity contribution in [3.8, 4) is 0 Å². The van der Waals surface area contributed by atoms with Crippen LogP contribution in [-0.2, 0) is 0 Å². The number of nitrogens with zero attached hydrogens (tertiary/aromatic N) is 2. The minimum Gasteiger partial charge on any atom is -0.373 e. The lowest BCUT2D eigenvalue weighted by atomic mass is 10.0. The molecule has 0 aromatic carbocycles. The number of anilines is 2. The van der Waals surface area contributed by atoms with E-state index in [4.69, 9.17) is 0 Å². The molecule has 0 saturated carbocycles. The topological polar surface area (TPSA) is 49.8 Å². The van der Waals surface area contributed by atoms with Crippen molar-refractivity contribution in [3.05, 3.63) is 11.9 Å². The molecular weight excluding hydrogens is 244 g/mol. The molecule has 0 spiro atoms. The molecule has 0 amide bonds. The summed E-state index contributed by atoms with van der Waals surface area (Å²) in [5, 5.41) is 6.58. The third kappa shape index (κ3) is 3.77. The van der Waals surface area contributed by atoms with Crippen molar-refractivity contribution in [2.24, 2.45) is 0 Å². The van der Waals surface area contributed by atoms with Gasteiger partial charge in [0.25, 0.3) is 0 Å². The molecule has 0 bridgehead atoms. The fourth-order valence-electron chi connectivity index (χ4n) is 1.65. The van der Waals surface area contributed by atoms with E-state index in [0.29, 0.717) is 5.92 Å². The maximum Gasteiger partial charge on any atom is 0.135 e. The van der Waals surface area contributed by atoms with E-state index in [9.17, 15) is 0 Å². The Bertz CT molecular complexity index is 391. The van der Waals surface area contributed by atoms with Crippen LogP contribution in [0, 0.1) is 0 Å². The fraction of sp³-hybridized carbons (Fsp3) is 0.692. The van der Waals surface area contributed by atoms with Crippen LogP contribution in [-0.4, -0.2) is 34.6 Å². The van der Waals surface area contributed by atoms with Gasteiger partial charge in [-0.3, -0.25) is 0 Å². The molecule has 102 valence electrons. The van der Waals surface area contributed by atoms with E-state index in [0.717, 1.165) is 23.7 Å². The maximum atomic E-state index is 4.37. The molecule has 1 aromatic rings. The normalized spacial score (nSPS) is 11.7. The van der Waals surface area contributed by atoms with Crippen LogP contribution in [0.4, 0.5) is 11.6 Å². The van der Waals surface area contributed by atoms with Crippen LogP contribution >= 0.6 is 11.8 Å². The molecule has 0 saturated heterocycles. The molecule has 2 N–H and O–H groups in total. The molecule has 0 radical (unpaired) electrons. The van der Waals surface area contributed by atoms with Gasteiger partial charge in [-0.1, -0.05) is 13.8 Å². The molecule has 4 nitrogen and oxygen atoms in total. The van der Waals surface area contributed by atoms with Gasteiger partial charge in [-0.25, -0.2) is 9.97 Å². The van der Waals surface area contributed by atoms with Gasteiger partial charge < -0.3 is 10.6 Å². The zero-order chi connectivity index (χ0) is 13.8. The first kappa shape index (κ1) is 15.1. The zero-order valence-electron chi connectivity index (χ0n) is 12.2. The summed E-state index contributed by atoms with van der Waals surface area (Å²) in [5.74, 6) is 2.23. The third-order valence-electron chi connectivity index (χ3n) is 2.93. The van der Waals surface area contributed by atoms with E-state index in [2.05, 4.69) is 54.6 Å². The van der Waals surface area contributed by atoms with Crippen LogP contribution in [0.2, 0.25) is 0 Å². The summed E-state index contributed by atoms with van der Waals surface area (Å²) in [6.07, 6.45) is 3.73. The lowest BCUT2D eigenvalue weighted by molar-refractivity contribution is 0.744. The lowest BCUT2D eigenvalue weighted by Crippen LogP contribution is -2.27. The number of rotatable bonds is 6. The summed E-state index contributed by atoms with van der Waals surface area (Å²) in [4.78, 5) is 8.65. The van der Waals surface area contributed by atoms with Crippen molar-refractivity contribution < 1.29 is 0 Å². The summed E-state index contributed by atoms with van der Waals surface area (Å²) in [6, 6.07) is 0. The molecule has 0 aliphatic carbocycles. The van der Waals surface area contributed by atoms with Gasteiger partial charge in [0.2, 0.25) is 0 Å². The molecule has 0 atom stereocenters. The second-order valence-corrected chi connectivity index (χ2v) is 6.72. The van der Waals surface area contributed by atoms with Crippen molar-refractivity contribution in [2.75, 3.05) is 30.5 Å². The van der Waals surface area contributed by atoms with Gasteiger partial charge in [0.1, 0.15) is 18.0 Å². The Labute approximate surface area is 114 Å². The largest absolute Gasteiger partial charge is 0.373 e. The van der Waals surface area contributed by atoms with Gasteiger partial charge in [-0.2, -0.15) is 11.8 Å². The Kier molecular flexibility index (Phi) is 5.26. The van der Waals surface area contributed by atoms with Gasteiger partial charge >= 0.3 is 0 Å². The van der Waals surface area contributed by atoms with Crippen LogP contribution in [0.3, 0.4) is 0 Å². The predicted octanol–water partition coefficient (Wildman–Crippen LogP) is 3.20. The Morgan fingerprint density at radius 1 is 1.28 bits per heavy atom. The minimum atomic E-state index is 0.193. The Morgan fingerprint density at radius 3 is 2.39 bits per heavy atom. The molecule has 0 aliphatic rings. The van der Waals surface area contributed by atoms with E-state index in [-0.39, 0.29) is 4.75 Å². The highest BCUT2D eigenvalue weighted by molar-refractivity contribution is 7.99. The molecule has 0 unspecified atom stereocenters. The average Bonchev–Trinajstić information content (AvgIpc) is 2.35. The first-order valence-electron chi connectivity index (χ1n) is 6.23. The van der Waals surface area contributed by atoms with Crippen LogP contribution in [0.25, 0.3) is 0 Å². The van der Waals surface area contributed by atoms with Gasteiger partial charge in [0.15, 0.2) is 0 Å². The summed E-state index contributed by atoms with van der Waals surface area (Å²) in [5.41, 5.74) is 1.15. The van der Waals surface area contributed by atoms with Crippen molar-refractivity contribution in [1.82, 2.24) is 9.97 Å². The molecule has 1 aromatic heterocycles. The van der Waals surface area contributed by atoms with Crippen molar-refractivity contribution in [1.29, 1.82) is 0 Å². The molecule has 18 heavy (non-hydrogen) atoms. The number of hydrogen-bond acceptors (Lipinski definition) is 5. The second-order valence-electron chi connectivity index (χ2n) is 5.21. The lowest BCUT2D eigenvalue weighted by Gasteiger charge is -2.24. The number of nitrogens with one attached hydrogen (secondary N) is 2. The van der Waals surface area contributed by atoms with Crippen LogP contribution < -0.4 is 10.6 Å². The van der Waals surface area contributed by atoms with E-state index in [1.54, 1.807) is 6.33 Å². The van der Waals surface area contributed by atoms with Gasteiger partial charge in [-0.05, 0) is 26.0 Å². The number of hydrogen-bond donors (Lipinski definition) is 2. The van der Waals surface area contributed by atoms with E-state index in [1.807, 2.05) is 18.8 Å². The molecule has 5 heteroatoms. The van der Waals surface area contributed by atoms with Crippen LogP contribution in [0.1, 0.15) is 39.2 Å². The molecule has 1 heterocycles. The highest BCUT2D eigenvalue weighted by Crippen LogP contribution is 2.29.